The van der Waals surface area contributed by atoms with Crippen LogP contribution >= 0.6 is 0 Å². The van der Waals surface area contributed by atoms with Crippen LogP contribution < -0.4 is 10.2 Å². The van der Waals surface area contributed by atoms with Gasteiger partial charge in [-0.25, -0.2) is 4.98 Å². The molecule has 2 aromatic carbocycles. The molecular formula is C20H19N3O2. The van der Waals surface area contributed by atoms with Crippen LogP contribution in [0.3, 0.4) is 0 Å². The summed E-state index contributed by atoms with van der Waals surface area (Å²) in [6.45, 7) is 0. The lowest BCUT2D eigenvalue weighted by Crippen LogP contribution is -2.26. The second-order valence-corrected chi connectivity index (χ2v) is 6.17. The van der Waals surface area contributed by atoms with Gasteiger partial charge in [0.1, 0.15) is 5.75 Å². The summed E-state index contributed by atoms with van der Waals surface area (Å²) in [4.78, 5) is 8.81. The lowest BCUT2D eigenvalue weighted by Gasteiger charge is -2.22. The SMILES string of the molecule is ONC(=NC1CCC1)c1ccc(Oc2ccc3ccccc3c2)nc1. The first kappa shape index (κ1) is 15.6. The van der Waals surface area contributed by atoms with Crippen molar-refractivity contribution in [2.75, 3.05) is 0 Å². The van der Waals surface area contributed by atoms with Crippen LogP contribution in [0.2, 0.25) is 0 Å². The molecule has 4 rings (SSSR count). The van der Waals surface area contributed by atoms with Gasteiger partial charge in [-0.1, -0.05) is 30.3 Å². The van der Waals surface area contributed by atoms with Crippen molar-refractivity contribution in [1.82, 2.24) is 10.5 Å². The molecule has 0 spiro atoms. The number of pyridine rings is 1. The third-order valence-electron chi connectivity index (χ3n) is 4.45. The van der Waals surface area contributed by atoms with E-state index in [4.69, 9.17) is 4.74 Å². The smallest absolute Gasteiger partial charge is 0.219 e. The van der Waals surface area contributed by atoms with E-state index in [-0.39, 0.29) is 0 Å². The van der Waals surface area contributed by atoms with E-state index in [1.54, 1.807) is 12.3 Å². The maximum Gasteiger partial charge on any atom is 0.219 e. The standard InChI is InChI=1S/C20H19N3O2/c24-23-20(22-17-6-3-7-17)16-9-11-19(21-13-16)25-18-10-8-14-4-1-2-5-15(14)12-18/h1-2,4-5,8-13,17,24H,3,6-7H2,(H,22,23). The molecule has 1 saturated carbocycles. The second kappa shape index (κ2) is 6.91. The molecule has 0 aliphatic heterocycles. The van der Waals surface area contributed by atoms with Crippen molar-refractivity contribution in [3.8, 4) is 11.6 Å². The van der Waals surface area contributed by atoms with Crippen LogP contribution in [-0.4, -0.2) is 22.1 Å². The zero-order valence-electron chi connectivity index (χ0n) is 13.7. The molecule has 0 unspecified atom stereocenters. The molecule has 1 aromatic heterocycles. The molecule has 5 nitrogen and oxygen atoms in total. The van der Waals surface area contributed by atoms with Crippen molar-refractivity contribution in [3.63, 3.8) is 0 Å². The van der Waals surface area contributed by atoms with E-state index in [0.29, 0.717) is 17.8 Å². The minimum atomic E-state index is 0.295. The highest BCUT2D eigenvalue weighted by Crippen LogP contribution is 2.25. The van der Waals surface area contributed by atoms with Gasteiger partial charge in [-0.3, -0.25) is 15.7 Å². The molecule has 1 heterocycles. The predicted octanol–water partition coefficient (Wildman–Crippen LogP) is 4.31. The Balaban J connectivity index is 1.51. The second-order valence-electron chi connectivity index (χ2n) is 6.17. The summed E-state index contributed by atoms with van der Waals surface area (Å²) in [6, 6.07) is 18.0. The fourth-order valence-corrected chi connectivity index (χ4v) is 2.80. The molecular weight excluding hydrogens is 314 g/mol. The molecule has 0 bridgehead atoms. The maximum absolute atomic E-state index is 9.31. The number of nitrogens with one attached hydrogen (secondary N) is 1. The summed E-state index contributed by atoms with van der Waals surface area (Å²) in [6.07, 6.45) is 4.99. The van der Waals surface area contributed by atoms with Gasteiger partial charge in [0.05, 0.1) is 6.04 Å². The van der Waals surface area contributed by atoms with Crippen LogP contribution in [0.5, 0.6) is 11.6 Å². The number of hydrogen-bond acceptors (Lipinski definition) is 4. The topological polar surface area (TPSA) is 66.7 Å². The first-order chi connectivity index (χ1) is 12.3. The average molecular weight is 333 g/mol. The number of ether oxygens (including phenoxy) is 1. The molecule has 5 heteroatoms. The van der Waals surface area contributed by atoms with Crippen molar-refractivity contribution >= 4 is 16.6 Å². The number of benzene rings is 2. The molecule has 0 saturated heterocycles. The molecule has 1 fully saturated rings. The van der Waals surface area contributed by atoms with Gasteiger partial charge < -0.3 is 4.74 Å². The van der Waals surface area contributed by atoms with E-state index in [0.717, 1.165) is 29.5 Å². The zero-order chi connectivity index (χ0) is 17.1. The van der Waals surface area contributed by atoms with Gasteiger partial charge in [-0.05, 0) is 48.2 Å². The fourth-order valence-electron chi connectivity index (χ4n) is 2.80. The quantitative estimate of drug-likeness (QED) is 0.424. The van der Waals surface area contributed by atoms with Crippen LogP contribution in [0, 0.1) is 0 Å². The number of hydrogen-bond donors (Lipinski definition) is 2. The summed E-state index contributed by atoms with van der Waals surface area (Å²) in [7, 11) is 0. The maximum atomic E-state index is 9.31. The average Bonchev–Trinajstić information content (AvgIpc) is 2.62. The van der Waals surface area contributed by atoms with Crippen molar-refractivity contribution < 1.29 is 9.94 Å². The van der Waals surface area contributed by atoms with Crippen molar-refractivity contribution in [3.05, 3.63) is 66.4 Å². The lowest BCUT2D eigenvalue weighted by molar-refractivity contribution is 0.233. The highest BCUT2D eigenvalue weighted by Gasteiger charge is 2.17. The monoisotopic (exact) mass is 333 g/mol. The minimum absolute atomic E-state index is 0.295. The molecule has 25 heavy (non-hydrogen) atoms. The van der Waals surface area contributed by atoms with Crippen LogP contribution in [0.1, 0.15) is 24.8 Å². The first-order valence-corrected chi connectivity index (χ1v) is 8.43. The third kappa shape index (κ3) is 3.46. The molecule has 126 valence electrons. The van der Waals surface area contributed by atoms with Crippen LogP contribution in [0.4, 0.5) is 0 Å². The molecule has 0 atom stereocenters. The summed E-state index contributed by atoms with van der Waals surface area (Å²) < 4.78 is 5.83. The van der Waals surface area contributed by atoms with E-state index < -0.39 is 0 Å². The lowest BCUT2D eigenvalue weighted by atomic mass is 9.94. The Bertz CT molecular complexity index is 902. The normalized spacial score (nSPS) is 15.0. The number of hydroxylamine groups is 1. The number of amidine groups is 1. The number of aliphatic imine (C=N–C) groups is 1. The molecule has 2 N–H and O–H groups in total. The number of fused-ring (bicyclic) bond motifs is 1. The summed E-state index contributed by atoms with van der Waals surface area (Å²) in [5.74, 6) is 1.69. The Labute approximate surface area is 146 Å². The molecule has 0 amide bonds. The molecule has 3 aromatic rings. The predicted molar refractivity (Wildman–Crippen MR) is 97.4 cm³/mol. The van der Waals surface area contributed by atoms with E-state index in [2.05, 4.69) is 27.6 Å². The van der Waals surface area contributed by atoms with Gasteiger partial charge in [0.2, 0.25) is 5.88 Å². The summed E-state index contributed by atoms with van der Waals surface area (Å²) in [5.41, 5.74) is 2.91. The fraction of sp³-hybridized carbons (Fsp3) is 0.200. The van der Waals surface area contributed by atoms with Gasteiger partial charge in [-0.15, -0.1) is 0 Å². The first-order valence-electron chi connectivity index (χ1n) is 8.43. The Morgan fingerprint density at radius 1 is 1.08 bits per heavy atom. The Morgan fingerprint density at radius 2 is 1.92 bits per heavy atom. The van der Waals surface area contributed by atoms with Crippen LogP contribution in [-0.2, 0) is 0 Å². The Morgan fingerprint density at radius 3 is 2.60 bits per heavy atom. The van der Waals surface area contributed by atoms with Gasteiger partial charge >= 0.3 is 0 Å². The molecule has 0 radical (unpaired) electrons. The van der Waals surface area contributed by atoms with Crippen molar-refractivity contribution in [1.29, 1.82) is 0 Å². The number of rotatable bonds is 4. The number of aromatic nitrogens is 1. The van der Waals surface area contributed by atoms with Crippen LogP contribution in [0.25, 0.3) is 10.8 Å². The summed E-state index contributed by atoms with van der Waals surface area (Å²) in [5, 5.41) is 11.6. The van der Waals surface area contributed by atoms with E-state index in [1.807, 2.05) is 36.4 Å². The van der Waals surface area contributed by atoms with E-state index in [1.165, 1.54) is 11.8 Å². The third-order valence-corrected chi connectivity index (χ3v) is 4.45. The van der Waals surface area contributed by atoms with Crippen LogP contribution in [0.15, 0.2) is 65.8 Å². The highest BCUT2D eigenvalue weighted by molar-refractivity contribution is 5.97. The minimum Gasteiger partial charge on any atom is -0.439 e. The van der Waals surface area contributed by atoms with Gasteiger partial charge in [-0.2, -0.15) is 0 Å². The Hall–Kier alpha value is -2.92. The largest absolute Gasteiger partial charge is 0.439 e. The summed E-state index contributed by atoms with van der Waals surface area (Å²) >= 11 is 0. The van der Waals surface area contributed by atoms with Crippen molar-refractivity contribution in [2.24, 2.45) is 4.99 Å². The van der Waals surface area contributed by atoms with Crippen molar-refractivity contribution in [2.45, 2.75) is 25.3 Å². The van der Waals surface area contributed by atoms with E-state index in [9.17, 15) is 5.21 Å². The highest BCUT2D eigenvalue weighted by atomic mass is 16.5. The van der Waals surface area contributed by atoms with Gasteiger partial charge in [0.25, 0.3) is 0 Å². The molecule has 1 aliphatic carbocycles. The van der Waals surface area contributed by atoms with Gasteiger partial charge in [0, 0.05) is 17.8 Å². The zero-order valence-corrected chi connectivity index (χ0v) is 13.7. The molecule has 1 aliphatic rings. The van der Waals surface area contributed by atoms with E-state index >= 15 is 0 Å². The number of nitrogens with zero attached hydrogens (tertiary/aromatic N) is 2. The Kier molecular flexibility index (Phi) is 4.31. The van der Waals surface area contributed by atoms with Gasteiger partial charge in [0.15, 0.2) is 5.84 Å².